The second-order valence-corrected chi connectivity index (χ2v) is 5.22. The predicted octanol–water partition coefficient (Wildman–Crippen LogP) is 2.99. The Hall–Kier alpha value is -1.06. The van der Waals surface area contributed by atoms with E-state index >= 15 is 0 Å². The minimum Gasteiger partial charge on any atom is -0.494 e. The van der Waals surface area contributed by atoms with Crippen molar-refractivity contribution in [3.63, 3.8) is 0 Å². The average molecular weight is 263 g/mol. The van der Waals surface area contributed by atoms with Crippen LogP contribution in [-0.2, 0) is 0 Å². The molecule has 1 saturated heterocycles. The molecule has 0 saturated carbocycles. The summed E-state index contributed by atoms with van der Waals surface area (Å²) in [4.78, 5) is 2.42. The fraction of sp³-hybridized carbons (Fsp3) is 0.625. The second kappa shape index (κ2) is 6.92. The third-order valence-corrected chi connectivity index (χ3v) is 3.95. The molecule has 3 nitrogen and oxygen atoms in total. The van der Waals surface area contributed by atoms with Gasteiger partial charge in [-0.25, -0.2) is 0 Å². The van der Waals surface area contributed by atoms with Gasteiger partial charge in [0.25, 0.3) is 0 Å². The maximum atomic E-state index is 10.3. The summed E-state index contributed by atoms with van der Waals surface area (Å²) in [6, 6.07) is 8.45. The SMILES string of the molecule is CCOc1ccc(C(O)CN2CCCC2CC)cc1. The summed E-state index contributed by atoms with van der Waals surface area (Å²) < 4.78 is 5.42. The number of β-amino-alcohol motifs (C(OH)–C–C–N with tert-alkyl or cyclic N) is 1. The summed E-state index contributed by atoms with van der Waals surface area (Å²) in [5.74, 6) is 0.867. The van der Waals surface area contributed by atoms with Crippen LogP contribution in [-0.4, -0.2) is 35.7 Å². The van der Waals surface area contributed by atoms with Gasteiger partial charge in [-0.05, 0) is 50.4 Å². The lowest BCUT2D eigenvalue weighted by atomic mass is 10.1. The van der Waals surface area contributed by atoms with E-state index in [0.29, 0.717) is 12.6 Å². The standard InChI is InChI=1S/C16H25NO2/c1-3-14-6-5-11-17(14)12-16(18)13-7-9-15(10-8-13)19-4-2/h7-10,14,16,18H,3-6,11-12H2,1-2H3. The number of ether oxygens (including phenoxy) is 1. The number of benzene rings is 1. The predicted molar refractivity (Wildman–Crippen MR) is 77.5 cm³/mol. The first-order chi connectivity index (χ1) is 9.24. The monoisotopic (exact) mass is 263 g/mol. The summed E-state index contributed by atoms with van der Waals surface area (Å²) in [5.41, 5.74) is 0.977. The Morgan fingerprint density at radius 1 is 1.32 bits per heavy atom. The topological polar surface area (TPSA) is 32.7 Å². The van der Waals surface area contributed by atoms with Crippen LogP contribution >= 0.6 is 0 Å². The molecular formula is C16H25NO2. The number of hydrogen-bond acceptors (Lipinski definition) is 3. The van der Waals surface area contributed by atoms with Gasteiger partial charge in [-0.15, -0.1) is 0 Å². The molecule has 3 heteroatoms. The zero-order valence-corrected chi connectivity index (χ0v) is 12.0. The Morgan fingerprint density at radius 3 is 2.68 bits per heavy atom. The van der Waals surface area contributed by atoms with Crippen LogP contribution in [0.15, 0.2) is 24.3 Å². The molecule has 0 bridgehead atoms. The molecule has 1 heterocycles. The first kappa shape index (κ1) is 14.4. The molecule has 1 aliphatic rings. The normalized spacial score (nSPS) is 21.5. The van der Waals surface area contributed by atoms with Crippen LogP contribution in [0.2, 0.25) is 0 Å². The van der Waals surface area contributed by atoms with Crippen molar-refractivity contribution in [2.45, 2.75) is 45.3 Å². The van der Waals surface area contributed by atoms with Crippen molar-refractivity contribution in [3.8, 4) is 5.75 Å². The molecule has 0 aliphatic carbocycles. The number of nitrogens with zero attached hydrogens (tertiary/aromatic N) is 1. The van der Waals surface area contributed by atoms with Crippen molar-refractivity contribution in [1.29, 1.82) is 0 Å². The summed E-state index contributed by atoms with van der Waals surface area (Å²) >= 11 is 0. The first-order valence-electron chi connectivity index (χ1n) is 7.39. The fourth-order valence-electron chi connectivity index (χ4n) is 2.88. The van der Waals surface area contributed by atoms with Crippen LogP contribution in [0.25, 0.3) is 0 Å². The molecule has 0 amide bonds. The van der Waals surface area contributed by atoms with Crippen molar-refractivity contribution in [2.24, 2.45) is 0 Å². The molecule has 19 heavy (non-hydrogen) atoms. The minimum atomic E-state index is -0.400. The molecule has 2 rings (SSSR count). The van der Waals surface area contributed by atoms with E-state index in [2.05, 4.69) is 11.8 Å². The highest BCUT2D eigenvalue weighted by Gasteiger charge is 2.25. The lowest BCUT2D eigenvalue weighted by Gasteiger charge is -2.26. The van der Waals surface area contributed by atoms with E-state index in [1.165, 1.54) is 19.3 Å². The Kier molecular flexibility index (Phi) is 5.23. The van der Waals surface area contributed by atoms with E-state index in [4.69, 9.17) is 4.74 Å². The Balaban J connectivity index is 1.93. The van der Waals surface area contributed by atoms with Gasteiger partial charge in [0.2, 0.25) is 0 Å². The van der Waals surface area contributed by atoms with Crippen LogP contribution in [0.5, 0.6) is 5.75 Å². The van der Waals surface area contributed by atoms with E-state index in [0.717, 1.165) is 24.4 Å². The Labute approximate surface area is 116 Å². The molecule has 1 N–H and O–H groups in total. The molecule has 2 atom stereocenters. The molecule has 1 aromatic carbocycles. The summed E-state index contributed by atoms with van der Waals surface area (Å²) in [6.07, 6.45) is 3.31. The van der Waals surface area contributed by atoms with Gasteiger partial charge < -0.3 is 9.84 Å². The van der Waals surface area contributed by atoms with E-state index < -0.39 is 6.10 Å². The average Bonchev–Trinajstić information content (AvgIpc) is 2.87. The molecule has 0 radical (unpaired) electrons. The lowest BCUT2D eigenvalue weighted by molar-refractivity contribution is 0.105. The number of rotatable bonds is 6. The van der Waals surface area contributed by atoms with Crippen molar-refractivity contribution in [3.05, 3.63) is 29.8 Å². The van der Waals surface area contributed by atoms with Crippen molar-refractivity contribution in [2.75, 3.05) is 19.7 Å². The molecule has 0 aromatic heterocycles. The number of aliphatic hydroxyl groups is 1. The largest absolute Gasteiger partial charge is 0.494 e. The van der Waals surface area contributed by atoms with Gasteiger partial charge in [0, 0.05) is 12.6 Å². The second-order valence-electron chi connectivity index (χ2n) is 5.22. The molecular weight excluding hydrogens is 238 g/mol. The minimum absolute atomic E-state index is 0.400. The van der Waals surface area contributed by atoms with Crippen LogP contribution in [0.1, 0.15) is 44.8 Å². The van der Waals surface area contributed by atoms with E-state index in [9.17, 15) is 5.11 Å². The highest BCUT2D eigenvalue weighted by molar-refractivity contribution is 5.28. The third-order valence-electron chi connectivity index (χ3n) is 3.95. The molecule has 2 unspecified atom stereocenters. The molecule has 1 fully saturated rings. The molecule has 1 aromatic rings. The van der Waals surface area contributed by atoms with Gasteiger partial charge in [0.05, 0.1) is 12.7 Å². The molecule has 1 aliphatic heterocycles. The first-order valence-corrected chi connectivity index (χ1v) is 7.39. The quantitative estimate of drug-likeness (QED) is 0.856. The highest BCUT2D eigenvalue weighted by Crippen LogP contribution is 2.24. The van der Waals surface area contributed by atoms with Crippen LogP contribution in [0.3, 0.4) is 0 Å². The third kappa shape index (κ3) is 3.71. The van der Waals surface area contributed by atoms with E-state index in [-0.39, 0.29) is 0 Å². The zero-order valence-electron chi connectivity index (χ0n) is 12.0. The van der Waals surface area contributed by atoms with Crippen LogP contribution in [0.4, 0.5) is 0 Å². The smallest absolute Gasteiger partial charge is 0.119 e. The van der Waals surface area contributed by atoms with E-state index in [1.807, 2.05) is 31.2 Å². The van der Waals surface area contributed by atoms with Gasteiger partial charge >= 0.3 is 0 Å². The zero-order chi connectivity index (χ0) is 13.7. The van der Waals surface area contributed by atoms with Gasteiger partial charge in [0.15, 0.2) is 0 Å². The van der Waals surface area contributed by atoms with E-state index in [1.54, 1.807) is 0 Å². The van der Waals surface area contributed by atoms with Crippen molar-refractivity contribution >= 4 is 0 Å². The van der Waals surface area contributed by atoms with Gasteiger partial charge in [-0.3, -0.25) is 4.90 Å². The molecule has 0 spiro atoms. The summed E-state index contributed by atoms with van der Waals surface area (Å²) in [5, 5.41) is 10.3. The Bertz CT molecular complexity index is 377. The number of likely N-dealkylation sites (tertiary alicyclic amines) is 1. The summed E-state index contributed by atoms with van der Waals surface area (Å²) in [6.45, 7) is 6.74. The van der Waals surface area contributed by atoms with Crippen molar-refractivity contribution in [1.82, 2.24) is 4.90 Å². The Morgan fingerprint density at radius 2 is 2.05 bits per heavy atom. The van der Waals surface area contributed by atoms with Gasteiger partial charge in [-0.2, -0.15) is 0 Å². The van der Waals surface area contributed by atoms with Crippen LogP contribution in [0, 0.1) is 0 Å². The van der Waals surface area contributed by atoms with Crippen molar-refractivity contribution < 1.29 is 9.84 Å². The maximum Gasteiger partial charge on any atom is 0.119 e. The number of hydrogen-bond donors (Lipinski definition) is 1. The highest BCUT2D eigenvalue weighted by atomic mass is 16.5. The lowest BCUT2D eigenvalue weighted by Crippen LogP contribution is -2.32. The molecule has 106 valence electrons. The maximum absolute atomic E-state index is 10.3. The number of aliphatic hydroxyl groups excluding tert-OH is 1. The van der Waals surface area contributed by atoms with Gasteiger partial charge in [-0.1, -0.05) is 19.1 Å². The fourth-order valence-corrected chi connectivity index (χ4v) is 2.88. The van der Waals surface area contributed by atoms with Crippen LogP contribution < -0.4 is 4.74 Å². The van der Waals surface area contributed by atoms with Gasteiger partial charge in [0.1, 0.15) is 5.75 Å². The summed E-state index contributed by atoms with van der Waals surface area (Å²) in [7, 11) is 0.